The van der Waals surface area contributed by atoms with Crippen molar-refractivity contribution in [2.24, 2.45) is 0 Å². The molecule has 11 rings (SSSR count). The summed E-state index contributed by atoms with van der Waals surface area (Å²) in [5, 5.41) is 6.88. The average molecular weight is 692 g/mol. The van der Waals surface area contributed by atoms with Gasteiger partial charge in [0, 0.05) is 56.3 Å². The second-order valence-corrected chi connectivity index (χ2v) is 13.5. The predicted molar refractivity (Wildman–Crippen MR) is 218 cm³/mol. The van der Waals surface area contributed by atoms with Crippen molar-refractivity contribution in [3.63, 3.8) is 0 Å². The molecule has 0 saturated heterocycles. The van der Waals surface area contributed by atoms with E-state index >= 15 is 0 Å². The quantitative estimate of drug-likeness (QED) is 0.180. The van der Waals surface area contributed by atoms with Crippen molar-refractivity contribution in [2.45, 2.75) is 0 Å². The summed E-state index contributed by atoms with van der Waals surface area (Å²) < 4.78 is 8.54. The monoisotopic (exact) mass is 691 g/mol. The SMILES string of the molecule is c1ccc2cc(-c3ccc(-c4nc(-c5ccc(-n6c7ccccc7c7ccccc76)cc5)nc(-c5ccc6c(c5)oc5ccncc56)n4)cc3)ccc2c1. The number of fused-ring (bicyclic) bond motifs is 7. The van der Waals surface area contributed by atoms with Crippen LogP contribution in [0.25, 0.3) is 105 Å². The number of nitrogens with zero attached hydrogens (tertiary/aromatic N) is 5. The number of aromatic nitrogens is 5. The number of furan rings is 1. The number of pyridine rings is 1. The van der Waals surface area contributed by atoms with Crippen molar-refractivity contribution in [3.05, 3.63) is 176 Å². The van der Waals surface area contributed by atoms with Gasteiger partial charge in [-0.2, -0.15) is 0 Å². The Balaban J connectivity index is 1.03. The smallest absolute Gasteiger partial charge is 0.164 e. The van der Waals surface area contributed by atoms with Gasteiger partial charge in [-0.3, -0.25) is 4.98 Å². The van der Waals surface area contributed by atoms with Gasteiger partial charge in [-0.25, -0.2) is 15.0 Å². The molecule has 0 unspecified atom stereocenters. The van der Waals surface area contributed by atoms with Crippen LogP contribution in [-0.4, -0.2) is 24.5 Å². The molecule has 0 saturated carbocycles. The van der Waals surface area contributed by atoms with E-state index in [9.17, 15) is 0 Å². The van der Waals surface area contributed by atoms with Gasteiger partial charge in [-0.1, -0.05) is 103 Å². The lowest BCUT2D eigenvalue weighted by molar-refractivity contribution is 0.668. The van der Waals surface area contributed by atoms with E-state index < -0.39 is 0 Å². The average Bonchev–Trinajstić information content (AvgIpc) is 3.79. The van der Waals surface area contributed by atoms with E-state index in [0.717, 1.165) is 55.4 Å². The first-order valence-electron chi connectivity index (χ1n) is 17.9. The first-order chi connectivity index (χ1) is 26.7. The maximum atomic E-state index is 6.22. The minimum absolute atomic E-state index is 0.570. The second-order valence-electron chi connectivity index (χ2n) is 13.5. The molecule has 0 spiro atoms. The molecular weight excluding hydrogens is 663 g/mol. The molecule has 0 aliphatic rings. The summed E-state index contributed by atoms with van der Waals surface area (Å²) in [6.45, 7) is 0. The Morgan fingerprint density at radius 3 is 1.69 bits per heavy atom. The number of rotatable bonds is 5. The third-order valence-electron chi connectivity index (χ3n) is 10.4. The van der Waals surface area contributed by atoms with E-state index in [1.807, 2.05) is 24.4 Å². The number of hydrogen-bond donors (Lipinski definition) is 0. The van der Waals surface area contributed by atoms with Gasteiger partial charge >= 0.3 is 0 Å². The zero-order valence-electron chi connectivity index (χ0n) is 28.9. The minimum atomic E-state index is 0.570. The molecule has 0 atom stereocenters. The number of hydrogen-bond acceptors (Lipinski definition) is 5. The molecule has 0 N–H and O–H groups in total. The summed E-state index contributed by atoms with van der Waals surface area (Å²) in [7, 11) is 0. The van der Waals surface area contributed by atoms with Crippen molar-refractivity contribution in [1.29, 1.82) is 0 Å². The largest absolute Gasteiger partial charge is 0.456 e. The predicted octanol–water partition coefficient (Wildman–Crippen LogP) is 12.1. The van der Waals surface area contributed by atoms with E-state index in [0.29, 0.717) is 17.5 Å². The zero-order valence-corrected chi connectivity index (χ0v) is 28.9. The summed E-state index contributed by atoms with van der Waals surface area (Å²) in [4.78, 5) is 19.5. The summed E-state index contributed by atoms with van der Waals surface area (Å²) in [6, 6.07) is 57.0. The van der Waals surface area contributed by atoms with Crippen molar-refractivity contribution < 1.29 is 4.42 Å². The van der Waals surface area contributed by atoms with Gasteiger partial charge in [-0.05, 0) is 82.6 Å². The maximum Gasteiger partial charge on any atom is 0.164 e. The van der Waals surface area contributed by atoms with Crippen molar-refractivity contribution >= 4 is 54.5 Å². The highest BCUT2D eigenvalue weighted by Gasteiger charge is 2.16. The van der Waals surface area contributed by atoms with E-state index in [2.05, 4.69) is 155 Å². The van der Waals surface area contributed by atoms with Gasteiger partial charge in [0.25, 0.3) is 0 Å². The third kappa shape index (κ3) is 4.96. The Bertz CT molecular complexity index is 3160. The Hall–Kier alpha value is -7.44. The number of para-hydroxylation sites is 2. The molecule has 6 nitrogen and oxygen atoms in total. The van der Waals surface area contributed by atoms with Crippen LogP contribution in [0.2, 0.25) is 0 Å². The topological polar surface area (TPSA) is 69.6 Å². The third-order valence-corrected chi connectivity index (χ3v) is 10.4. The van der Waals surface area contributed by atoms with Crippen LogP contribution in [0.15, 0.2) is 181 Å². The van der Waals surface area contributed by atoms with Crippen molar-refractivity contribution in [2.75, 3.05) is 0 Å². The van der Waals surface area contributed by atoms with E-state index in [1.54, 1.807) is 6.20 Å². The molecule has 0 bridgehead atoms. The van der Waals surface area contributed by atoms with E-state index in [4.69, 9.17) is 19.4 Å². The van der Waals surface area contributed by atoms with Crippen LogP contribution in [0.1, 0.15) is 0 Å². The molecule has 4 heterocycles. The van der Waals surface area contributed by atoms with Crippen molar-refractivity contribution in [1.82, 2.24) is 24.5 Å². The first kappa shape index (κ1) is 30.2. The van der Waals surface area contributed by atoms with Crippen molar-refractivity contribution in [3.8, 4) is 51.0 Å². The molecule has 11 aromatic rings. The highest BCUT2D eigenvalue weighted by molar-refractivity contribution is 6.09. The Labute approximate surface area is 309 Å². The molecule has 7 aromatic carbocycles. The molecule has 0 radical (unpaired) electrons. The standard InChI is InChI=1S/C48H29N5O/c1-2-8-34-27-35(18-15-30(34)7-1)31-13-16-32(17-14-31)46-50-47(52-48(51-46)36-21-24-40-41-29-49-26-25-44(41)54-45(40)28-36)33-19-22-37(23-20-33)53-42-11-5-3-9-38(42)39-10-4-6-12-43(39)53/h1-29H. The molecule has 6 heteroatoms. The number of benzene rings is 7. The van der Waals surface area contributed by atoms with Crippen LogP contribution in [0.3, 0.4) is 0 Å². The second kappa shape index (κ2) is 12.1. The van der Waals surface area contributed by atoms with Gasteiger partial charge in [0.05, 0.1) is 11.0 Å². The Morgan fingerprint density at radius 2 is 0.963 bits per heavy atom. The highest BCUT2D eigenvalue weighted by Crippen LogP contribution is 2.35. The Morgan fingerprint density at radius 1 is 0.389 bits per heavy atom. The lowest BCUT2D eigenvalue weighted by atomic mass is 10.00. The fourth-order valence-electron chi connectivity index (χ4n) is 7.66. The first-order valence-corrected chi connectivity index (χ1v) is 17.9. The van der Waals surface area contributed by atoms with Gasteiger partial charge in [0.15, 0.2) is 17.5 Å². The van der Waals surface area contributed by atoms with Gasteiger partial charge < -0.3 is 8.98 Å². The summed E-state index contributed by atoms with van der Waals surface area (Å²) in [5.74, 6) is 1.76. The molecule has 54 heavy (non-hydrogen) atoms. The van der Waals surface area contributed by atoms with E-state index in [1.165, 1.54) is 32.6 Å². The maximum absolute atomic E-state index is 6.22. The fourth-order valence-corrected chi connectivity index (χ4v) is 7.66. The molecule has 0 amide bonds. The summed E-state index contributed by atoms with van der Waals surface area (Å²) in [5.41, 5.74) is 9.89. The molecule has 0 fully saturated rings. The molecule has 252 valence electrons. The summed E-state index contributed by atoms with van der Waals surface area (Å²) >= 11 is 0. The van der Waals surface area contributed by atoms with Gasteiger partial charge in [-0.15, -0.1) is 0 Å². The molecule has 4 aromatic heterocycles. The molecule has 0 aliphatic carbocycles. The lowest BCUT2D eigenvalue weighted by Crippen LogP contribution is -2.00. The Kier molecular flexibility index (Phi) is 6.75. The van der Waals surface area contributed by atoms with E-state index in [-0.39, 0.29) is 0 Å². The molecular formula is C48H29N5O. The van der Waals surface area contributed by atoms with Crippen LogP contribution in [0.5, 0.6) is 0 Å². The fraction of sp³-hybridized carbons (Fsp3) is 0. The van der Waals surface area contributed by atoms with Crippen LogP contribution in [0.4, 0.5) is 0 Å². The highest BCUT2D eigenvalue weighted by atomic mass is 16.3. The van der Waals surface area contributed by atoms with Crippen LogP contribution in [-0.2, 0) is 0 Å². The van der Waals surface area contributed by atoms with Gasteiger partial charge in [0.1, 0.15) is 11.2 Å². The lowest BCUT2D eigenvalue weighted by Gasteiger charge is -2.11. The van der Waals surface area contributed by atoms with Crippen LogP contribution >= 0.6 is 0 Å². The van der Waals surface area contributed by atoms with Gasteiger partial charge in [0.2, 0.25) is 0 Å². The molecule has 0 aliphatic heterocycles. The van der Waals surface area contributed by atoms with Crippen LogP contribution < -0.4 is 0 Å². The normalized spacial score (nSPS) is 11.7. The van der Waals surface area contributed by atoms with Crippen LogP contribution in [0, 0.1) is 0 Å². The summed E-state index contributed by atoms with van der Waals surface area (Å²) in [6.07, 6.45) is 3.58. The minimum Gasteiger partial charge on any atom is -0.456 e. The zero-order chi connectivity index (χ0) is 35.6.